The van der Waals surface area contributed by atoms with Crippen molar-refractivity contribution in [2.75, 3.05) is 0 Å². The molecule has 2 heterocycles. The number of benzene rings is 2. The summed E-state index contributed by atoms with van der Waals surface area (Å²) in [6.45, 7) is 0. The Morgan fingerprint density at radius 2 is 1.58 bits per heavy atom. The highest BCUT2D eigenvalue weighted by atomic mass is 32.1. The molecule has 0 aliphatic heterocycles. The smallest absolute Gasteiger partial charge is 0.145 e. The van der Waals surface area contributed by atoms with E-state index in [0.29, 0.717) is 0 Å². The molecule has 19 heavy (non-hydrogen) atoms. The average Bonchev–Trinajstić information content (AvgIpc) is 2.90. The number of thiazole rings is 1. The highest BCUT2D eigenvalue weighted by molar-refractivity contribution is 7.21. The van der Waals surface area contributed by atoms with Crippen molar-refractivity contribution >= 4 is 32.5 Å². The summed E-state index contributed by atoms with van der Waals surface area (Å²) in [4.78, 5) is 4.61. The second-order valence-electron chi connectivity index (χ2n) is 4.28. The fourth-order valence-electron chi connectivity index (χ4n) is 2.07. The summed E-state index contributed by atoms with van der Waals surface area (Å²) in [7, 11) is 0. The van der Waals surface area contributed by atoms with Crippen LogP contribution in [0.25, 0.3) is 31.8 Å². The van der Waals surface area contributed by atoms with Crippen molar-refractivity contribution in [1.29, 1.82) is 0 Å². The van der Waals surface area contributed by atoms with Gasteiger partial charge in [0.05, 0.1) is 15.7 Å². The zero-order chi connectivity index (χ0) is 12.7. The van der Waals surface area contributed by atoms with Gasteiger partial charge in [0.15, 0.2) is 0 Å². The molecule has 0 N–H and O–H groups in total. The number of hydrogen-bond acceptors (Lipinski definition) is 4. The van der Waals surface area contributed by atoms with E-state index >= 15 is 0 Å². The Kier molecular flexibility index (Phi) is 2.28. The molecule has 0 spiro atoms. The SMILES string of the molecule is c1ccc2nnc(-c3nc4ccccc4s3)cc2c1. The minimum absolute atomic E-state index is 0.833. The number of nitrogens with zero attached hydrogens (tertiary/aromatic N) is 3. The maximum absolute atomic E-state index is 4.61. The van der Waals surface area contributed by atoms with Crippen molar-refractivity contribution in [2.45, 2.75) is 0 Å². The third kappa shape index (κ3) is 1.77. The van der Waals surface area contributed by atoms with Crippen molar-refractivity contribution in [3.63, 3.8) is 0 Å². The van der Waals surface area contributed by atoms with Gasteiger partial charge in [0, 0.05) is 5.39 Å². The topological polar surface area (TPSA) is 38.7 Å². The first kappa shape index (κ1) is 10.6. The Morgan fingerprint density at radius 3 is 2.47 bits per heavy atom. The molecule has 0 aliphatic carbocycles. The average molecular weight is 263 g/mol. The van der Waals surface area contributed by atoms with E-state index < -0.39 is 0 Å². The first-order chi connectivity index (χ1) is 9.40. The molecular weight excluding hydrogens is 254 g/mol. The number of aromatic nitrogens is 3. The largest absolute Gasteiger partial charge is 0.234 e. The Morgan fingerprint density at radius 1 is 0.789 bits per heavy atom. The van der Waals surface area contributed by atoms with E-state index in [4.69, 9.17) is 0 Å². The van der Waals surface area contributed by atoms with Crippen LogP contribution in [0.3, 0.4) is 0 Å². The van der Waals surface area contributed by atoms with E-state index in [-0.39, 0.29) is 0 Å². The van der Waals surface area contributed by atoms with Crippen molar-refractivity contribution < 1.29 is 0 Å². The van der Waals surface area contributed by atoms with E-state index in [0.717, 1.165) is 27.1 Å². The van der Waals surface area contributed by atoms with Crippen LogP contribution in [0.15, 0.2) is 54.6 Å². The van der Waals surface area contributed by atoms with Gasteiger partial charge in [0.25, 0.3) is 0 Å². The molecule has 0 aliphatic rings. The zero-order valence-corrected chi connectivity index (χ0v) is 10.8. The lowest BCUT2D eigenvalue weighted by atomic mass is 10.2. The normalized spacial score (nSPS) is 11.2. The lowest BCUT2D eigenvalue weighted by Gasteiger charge is -1.97. The quantitative estimate of drug-likeness (QED) is 0.522. The third-order valence-electron chi connectivity index (χ3n) is 3.01. The van der Waals surface area contributed by atoms with Crippen LogP contribution in [-0.4, -0.2) is 15.2 Å². The van der Waals surface area contributed by atoms with Crippen LogP contribution in [0.4, 0.5) is 0 Å². The predicted molar refractivity (Wildman–Crippen MR) is 78.2 cm³/mol. The van der Waals surface area contributed by atoms with Crippen molar-refractivity contribution in [3.05, 3.63) is 54.6 Å². The Bertz CT molecular complexity index is 849. The number of para-hydroxylation sites is 1. The van der Waals surface area contributed by atoms with Gasteiger partial charge in [-0.25, -0.2) is 4.98 Å². The van der Waals surface area contributed by atoms with Gasteiger partial charge in [0.2, 0.25) is 0 Å². The van der Waals surface area contributed by atoms with Crippen LogP contribution < -0.4 is 0 Å². The van der Waals surface area contributed by atoms with Gasteiger partial charge in [-0.05, 0) is 24.3 Å². The second kappa shape index (κ2) is 4.10. The predicted octanol–water partition coefficient (Wildman–Crippen LogP) is 3.91. The summed E-state index contributed by atoms with van der Waals surface area (Å²) in [6.07, 6.45) is 0. The van der Waals surface area contributed by atoms with Gasteiger partial charge < -0.3 is 0 Å². The Balaban J connectivity index is 1.93. The van der Waals surface area contributed by atoms with Crippen LogP contribution in [0.1, 0.15) is 0 Å². The van der Waals surface area contributed by atoms with Crippen LogP contribution in [0, 0.1) is 0 Å². The van der Waals surface area contributed by atoms with Crippen molar-refractivity contribution in [3.8, 4) is 10.7 Å². The molecule has 3 nitrogen and oxygen atoms in total. The lowest BCUT2D eigenvalue weighted by molar-refractivity contribution is 1.08. The highest BCUT2D eigenvalue weighted by Gasteiger charge is 2.08. The minimum Gasteiger partial charge on any atom is -0.234 e. The zero-order valence-electron chi connectivity index (χ0n) is 9.95. The van der Waals surface area contributed by atoms with Crippen LogP contribution in [-0.2, 0) is 0 Å². The molecule has 90 valence electrons. The molecule has 0 fully saturated rings. The summed E-state index contributed by atoms with van der Waals surface area (Å²) < 4.78 is 1.17. The van der Waals surface area contributed by atoms with Gasteiger partial charge in [-0.2, -0.15) is 0 Å². The summed E-state index contributed by atoms with van der Waals surface area (Å²) in [6, 6.07) is 18.1. The molecule has 4 heteroatoms. The van der Waals surface area contributed by atoms with Gasteiger partial charge >= 0.3 is 0 Å². The minimum atomic E-state index is 0.833. The van der Waals surface area contributed by atoms with Gasteiger partial charge in [-0.3, -0.25) is 0 Å². The van der Waals surface area contributed by atoms with E-state index in [1.165, 1.54) is 4.70 Å². The molecule has 0 bridgehead atoms. The lowest BCUT2D eigenvalue weighted by Crippen LogP contribution is -1.88. The van der Waals surface area contributed by atoms with E-state index in [1.54, 1.807) is 11.3 Å². The van der Waals surface area contributed by atoms with Gasteiger partial charge in [-0.15, -0.1) is 21.5 Å². The molecular formula is C15H9N3S. The van der Waals surface area contributed by atoms with Gasteiger partial charge in [-0.1, -0.05) is 30.3 Å². The maximum atomic E-state index is 4.61. The van der Waals surface area contributed by atoms with E-state index in [2.05, 4.69) is 21.2 Å². The van der Waals surface area contributed by atoms with Crippen LogP contribution >= 0.6 is 11.3 Å². The monoisotopic (exact) mass is 263 g/mol. The van der Waals surface area contributed by atoms with Crippen molar-refractivity contribution in [2.24, 2.45) is 0 Å². The van der Waals surface area contributed by atoms with Gasteiger partial charge in [0.1, 0.15) is 10.7 Å². The molecule has 4 aromatic rings. The van der Waals surface area contributed by atoms with Crippen molar-refractivity contribution in [1.82, 2.24) is 15.2 Å². The first-order valence-electron chi connectivity index (χ1n) is 5.98. The maximum Gasteiger partial charge on any atom is 0.145 e. The molecule has 0 unspecified atom stereocenters. The molecule has 0 amide bonds. The van der Waals surface area contributed by atoms with E-state index in [9.17, 15) is 0 Å². The standard InChI is InChI=1S/C15H9N3S/c1-2-6-11-10(5-1)9-13(18-17-11)15-16-12-7-3-4-8-14(12)19-15/h1-9H. The highest BCUT2D eigenvalue weighted by Crippen LogP contribution is 2.29. The summed E-state index contributed by atoms with van der Waals surface area (Å²) in [5.41, 5.74) is 2.75. The fraction of sp³-hybridized carbons (Fsp3) is 0. The molecule has 0 radical (unpaired) electrons. The molecule has 0 atom stereocenters. The molecule has 2 aromatic heterocycles. The number of rotatable bonds is 1. The summed E-state index contributed by atoms with van der Waals surface area (Å²) >= 11 is 1.65. The number of hydrogen-bond donors (Lipinski definition) is 0. The molecule has 0 saturated heterocycles. The second-order valence-corrected chi connectivity index (χ2v) is 5.31. The van der Waals surface area contributed by atoms with E-state index in [1.807, 2.05) is 48.5 Å². The summed E-state index contributed by atoms with van der Waals surface area (Å²) in [5, 5.41) is 10.5. The molecule has 4 rings (SSSR count). The first-order valence-corrected chi connectivity index (χ1v) is 6.80. The summed E-state index contributed by atoms with van der Waals surface area (Å²) in [5.74, 6) is 0. The molecule has 0 saturated carbocycles. The third-order valence-corrected chi connectivity index (χ3v) is 4.07. The Hall–Kier alpha value is -2.33. The van der Waals surface area contributed by atoms with Crippen LogP contribution in [0.2, 0.25) is 0 Å². The fourth-order valence-corrected chi connectivity index (χ4v) is 2.99. The van der Waals surface area contributed by atoms with Crippen LogP contribution in [0.5, 0.6) is 0 Å². The number of fused-ring (bicyclic) bond motifs is 2. The Labute approximate surface area is 113 Å². The molecule has 2 aromatic carbocycles.